The molecule has 0 unspecified atom stereocenters. The maximum absolute atomic E-state index is 12.9. The van der Waals surface area contributed by atoms with Crippen LogP contribution in [-0.4, -0.2) is 25.0 Å². The number of benzene rings is 2. The second kappa shape index (κ2) is 8.29. The average molecular weight is 457 g/mol. The van der Waals surface area contributed by atoms with Gasteiger partial charge in [0.15, 0.2) is 0 Å². The highest BCUT2D eigenvalue weighted by Gasteiger charge is 2.37. The van der Waals surface area contributed by atoms with E-state index >= 15 is 0 Å². The molecule has 1 aliphatic rings. The summed E-state index contributed by atoms with van der Waals surface area (Å²) in [5.74, 6) is -0.301. The van der Waals surface area contributed by atoms with Crippen molar-refractivity contribution in [2.45, 2.75) is 0 Å². The molecule has 31 heavy (non-hydrogen) atoms. The Labute approximate surface area is 186 Å². The predicted octanol–water partition coefficient (Wildman–Crippen LogP) is 4.93. The Kier molecular flexibility index (Phi) is 5.54. The van der Waals surface area contributed by atoms with Crippen molar-refractivity contribution in [1.29, 1.82) is 0 Å². The predicted molar refractivity (Wildman–Crippen MR) is 116 cm³/mol. The van der Waals surface area contributed by atoms with Gasteiger partial charge < -0.3 is 9.15 Å². The highest BCUT2D eigenvalue weighted by atomic mass is 35.5. The molecule has 1 N–H and O–H groups in total. The molecule has 9 heteroatoms. The molecule has 1 saturated heterocycles. The standard InChI is InChI=1S/C22H14Cl2N2O5/c1-30-14-5-3-13(4-6-14)26-21(28)16(20(27)25-22(26)29)11-15-7-9-19(31-15)12-2-8-17(23)18(24)10-12/h2-11H,1H3,(H,25,27,29)/b16-11-. The number of anilines is 1. The summed E-state index contributed by atoms with van der Waals surface area (Å²) in [7, 11) is 1.50. The number of imide groups is 2. The van der Waals surface area contributed by atoms with E-state index < -0.39 is 17.8 Å². The molecule has 0 saturated carbocycles. The average Bonchev–Trinajstić information content (AvgIpc) is 3.22. The molecule has 0 aliphatic carbocycles. The number of furan rings is 1. The van der Waals surface area contributed by atoms with Crippen LogP contribution in [0, 0.1) is 0 Å². The Balaban J connectivity index is 1.65. The fourth-order valence-electron chi connectivity index (χ4n) is 3.00. The summed E-state index contributed by atoms with van der Waals surface area (Å²) in [6.45, 7) is 0. The van der Waals surface area contributed by atoms with Gasteiger partial charge in [-0.25, -0.2) is 9.69 Å². The van der Waals surface area contributed by atoms with E-state index in [1.54, 1.807) is 54.6 Å². The zero-order valence-corrected chi connectivity index (χ0v) is 17.5. The van der Waals surface area contributed by atoms with Crippen molar-refractivity contribution < 1.29 is 23.5 Å². The van der Waals surface area contributed by atoms with E-state index in [1.807, 2.05) is 0 Å². The van der Waals surface area contributed by atoms with Crippen LogP contribution in [0.2, 0.25) is 10.0 Å². The lowest BCUT2D eigenvalue weighted by Crippen LogP contribution is -2.54. The first kappa shape index (κ1) is 20.7. The maximum atomic E-state index is 12.9. The minimum atomic E-state index is -0.840. The van der Waals surface area contributed by atoms with Crippen LogP contribution in [0.4, 0.5) is 10.5 Å². The second-order valence-electron chi connectivity index (χ2n) is 6.49. The third-order valence-electron chi connectivity index (χ3n) is 4.55. The number of halogens is 2. The number of nitrogens with one attached hydrogen (secondary N) is 1. The normalized spacial score (nSPS) is 15.4. The van der Waals surface area contributed by atoms with E-state index in [2.05, 4.69) is 5.32 Å². The molecule has 0 radical (unpaired) electrons. The van der Waals surface area contributed by atoms with E-state index in [1.165, 1.54) is 13.2 Å². The summed E-state index contributed by atoms with van der Waals surface area (Å²) in [4.78, 5) is 38.4. The minimum Gasteiger partial charge on any atom is -0.497 e. The number of barbiturate groups is 1. The number of methoxy groups -OCH3 is 1. The molecule has 4 rings (SSSR count). The summed E-state index contributed by atoms with van der Waals surface area (Å²) in [6, 6.07) is 13.7. The van der Waals surface area contributed by atoms with Gasteiger partial charge >= 0.3 is 6.03 Å². The number of urea groups is 1. The fourth-order valence-corrected chi connectivity index (χ4v) is 3.30. The van der Waals surface area contributed by atoms with Crippen LogP contribution in [0.1, 0.15) is 5.76 Å². The molecule has 4 amide bonds. The molecule has 3 aromatic rings. The number of hydrogen-bond donors (Lipinski definition) is 1. The van der Waals surface area contributed by atoms with Crippen LogP contribution in [0.3, 0.4) is 0 Å². The number of rotatable bonds is 4. The van der Waals surface area contributed by atoms with E-state index in [9.17, 15) is 14.4 Å². The van der Waals surface area contributed by atoms with Crippen molar-refractivity contribution in [2.75, 3.05) is 12.0 Å². The third kappa shape index (κ3) is 4.05. The Morgan fingerprint density at radius 3 is 2.39 bits per heavy atom. The number of carbonyl (C=O) groups excluding carboxylic acids is 3. The Hall–Kier alpha value is -3.55. The quantitative estimate of drug-likeness (QED) is 0.444. The highest BCUT2D eigenvalue weighted by molar-refractivity contribution is 6.42. The van der Waals surface area contributed by atoms with E-state index in [-0.39, 0.29) is 17.0 Å². The number of hydrogen-bond acceptors (Lipinski definition) is 5. The van der Waals surface area contributed by atoms with Gasteiger partial charge in [0.2, 0.25) is 0 Å². The van der Waals surface area contributed by atoms with Gasteiger partial charge in [-0.3, -0.25) is 14.9 Å². The molecule has 156 valence electrons. The lowest BCUT2D eigenvalue weighted by atomic mass is 10.1. The number of nitrogens with zero attached hydrogens (tertiary/aromatic N) is 1. The monoisotopic (exact) mass is 456 g/mol. The second-order valence-corrected chi connectivity index (χ2v) is 7.30. The lowest BCUT2D eigenvalue weighted by molar-refractivity contribution is -0.122. The third-order valence-corrected chi connectivity index (χ3v) is 5.29. The van der Waals surface area contributed by atoms with Crippen molar-refractivity contribution in [2.24, 2.45) is 0 Å². The Morgan fingerprint density at radius 1 is 0.968 bits per heavy atom. The van der Waals surface area contributed by atoms with Crippen molar-refractivity contribution in [3.63, 3.8) is 0 Å². The van der Waals surface area contributed by atoms with Gasteiger partial charge in [0.25, 0.3) is 11.8 Å². The topological polar surface area (TPSA) is 88.8 Å². The van der Waals surface area contributed by atoms with Crippen LogP contribution in [0.5, 0.6) is 5.75 Å². The van der Waals surface area contributed by atoms with Crippen molar-refractivity contribution in [3.05, 3.63) is 76.0 Å². The van der Waals surface area contributed by atoms with Gasteiger partial charge in [-0.1, -0.05) is 23.2 Å². The highest BCUT2D eigenvalue weighted by Crippen LogP contribution is 2.30. The van der Waals surface area contributed by atoms with Crippen LogP contribution in [0.15, 0.2) is 64.6 Å². The number of carbonyl (C=O) groups is 3. The fraction of sp³-hybridized carbons (Fsp3) is 0.0455. The van der Waals surface area contributed by atoms with Gasteiger partial charge in [0, 0.05) is 5.56 Å². The SMILES string of the molecule is COc1ccc(N2C(=O)NC(=O)/C(=C/c3ccc(-c4ccc(Cl)c(Cl)c4)o3)C2=O)cc1. The summed E-state index contributed by atoms with van der Waals surface area (Å²) >= 11 is 12.0. The molecule has 7 nitrogen and oxygen atoms in total. The number of ether oxygens (including phenoxy) is 1. The van der Waals surface area contributed by atoms with Crippen molar-refractivity contribution in [3.8, 4) is 17.1 Å². The molecule has 0 spiro atoms. The smallest absolute Gasteiger partial charge is 0.335 e. The molecule has 1 aliphatic heterocycles. The van der Waals surface area contributed by atoms with Crippen LogP contribution in [0.25, 0.3) is 17.4 Å². The zero-order chi connectivity index (χ0) is 22.1. The number of amides is 4. The molecule has 1 fully saturated rings. The Morgan fingerprint density at radius 2 is 1.71 bits per heavy atom. The van der Waals surface area contributed by atoms with Gasteiger partial charge in [0.05, 0.1) is 22.8 Å². The molecule has 0 atom stereocenters. The first-order valence-corrected chi connectivity index (χ1v) is 9.74. The zero-order valence-electron chi connectivity index (χ0n) is 16.0. The van der Waals surface area contributed by atoms with Crippen molar-refractivity contribution in [1.82, 2.24) is 5.32 Å². The summed E-state index contributed by atoms with van der Waals surface area (Å²) in [5, 5.41) is 2.94. The largest absolute Gasteiger partial charge is 0.497 e. The summed E-state index contributed by atoms with van der Waals surface area (Å²) < 4.78 is 10.8. The lowest BCUT2D eigenvalue weighted by Gasteiger charge is -2.26. The van der Waals surface area contributed by atoms with Gasteiger partial charge in [-0.15, -0.1) is 0 Å². The molecule has 2 heterocycles. The molecule has 1 aromatic heterocycles. The van der Waals surface area contributed by atoms with Crippen LogP contribution < -0.4 is 15.0 Å². The van der Waals surface area contributed by atoms with Gasteiger partial charge in [0.1, 0.15) is 22.8 Å². The Bertz CT molecular complexity index is 1230. The van der Waals surface area contributed by atoms with Gasteiger partial charge in [-0.2, -0.15) is 0 Å². The molecular weight excluding hydrogens is 443 g/mol. The van der Waals surface area contributed by atoms with E-state index in [0.717, 1.165) is 4.90 Å². The van der Waals surface area contributed by atoms with Gasteiger partial charge in [-0.05, 0) is 60.7 Å². The van der Waals surface area contributed by atoms with Crippen LogP contribution in [-0.2, 0) is 9.59 Å². The summed E-state index contributed by atoms with van der Waals surface area (Å²) in [6.07, 6.45) is 1.28. The van der Waals surface area contributed by atoms with Crippen LogP contribution >= 0.6 is 23.2 Å². The molecule has 0 bridgehead atoms. The van der Waals surface area contributed by atoms with Crippen molar-refractivity contribution >= 4 is 52.8 Å². The first-order chi connectivity index (χ1) is 14.9. The molecular formula is C22H14Cl2N2O5. The maximum Gasteiger partial charge on any atom is 0.335 e. The minimum absolute atomic E-state index is 0.245. The summed E-state index contributed by atoms with van der Waals surface area (Å²) in [5.41, 5.74) is 0.719. The first-order valence-electron chi connectivity index (χ1n) is 8.98. The van der Waals surface area contributed by atoms with E-state index in [0.29, 0.717) is 27.1 Å². The molecule has 2 aromatic carbocycles. The van der Waals surface area contributed by atoms with E-state index in [4.69, 9.17) is 32.4 Å².